The molecular weight excluding hydrogens is 331 g/mol. The highest BCUT2D eigenvalue weighted by molar-refractivity contribution is 5.93. The summed E-state index contributed by atoms with van der Waals surface area (Å²) in [7, 11) is 0. The third-order valence-electron chi connectivity index (χ3n) is 4.45. The maximum Gasteiger partial charge on any atom is 0.343 e. The number of carbonyl (C=O) groups excluding carboxylic acids is 1. The van der Waals surface area contributed by atoms with E-state index in [-0.39, 0.29) is 28.9 Å². The first kappa shape index (κ1) is 17.1. The summed E-state index contributed by atoms with van der Waals surface area (Å²) in [6.45, 7) is 3.86. The van der Waals surface area contributed by atoms with Gasteiger partial charge in [-0.05, 0) is 32.8 Å². The standard InChI is InChI=1S/C17H17FN2O5/c1-3-20-8-10(15(22)25-4-2)12(21)9-7-11(18)13(19-14(9)20)17(5-6-17)16(23)24/h7-8H,3-6H2,1-2H3,(H,23,24). The fourth-order valence-corrected chi connectivity index (χ4v) is 2.89. The lowest BCUT2D eigenvalue weighted by atomic mass is 10.0. The molecule has 3 rings (SSSR count). The van der Waals surface area contributed by atoms with Crippen molar-refractivity contribution in [3.05, 3.63) is 39.6 Å². The predicted octanol–water partition coefficient (Wildman–Crippen LogP) is 1.85. The minimum Gasteiger partial charge on any atom is -0.481 e. The van der Waals surface area contributed by atoms with Crippen LogP contribution in [0.1, 0.15) is 42.7 Å². The molecule has 0 aromatic carbocycles. The van der Waals surface area contributed by atoms with Crippen LogP contribution in [-0.4, -0.2) is 33.2 Å². The van der Waals surface area contributed by atoms with Crippen molar-refractivity contribution in [1.82, 2.24) is 9.55 Å². The molecule has 1 fully saturated rings. The van der Waals surface area contributed by atoms with Gasteiger partial charge in [0.05, 0.1) is 17.7 Å². The first-order valence-electron chi connectivity index (χ1n) is 8.00. The Labute approximate surface area is 142 Å². The summed E-state index contributed by atoms with van der Waals surface area (Å²) in [5.41, 5.74) is -2.23. The Morgan fingerprint density at radius 3 is 2.60 bits per heavy atom. The highest BCUT2D eigenvalue weighted by Gasteiger charge is 2.55. The molecule has 2 aromatic heterocycles. The smallest absolute Gasteiger partial charge is 0.343 e. The number of carboxylic acid groups (broad SMARTS) is 1. The predicted molar refractivity (Wildman–Crippen MR) is 86.1 cm³/mol. The van der Waals surface area contributed by atoms with Gasteiger partial charge in [-0.15, -0.1) is 0 Å². The van der Waals surface area contributed by atoms with Gasteiger partial charge in [0.15, 0.2) is 0 Å². The number of hydrogen-bond donors (Lipinski definition) is 1. The first-order valence-corrected chi connectivity index (χ1v) is 8.00. The van der Waals surface area contributed by atoms with Gasteiger partial charge >= 0.3 is 11.9 Å². The van der Waals surface area contributed by atoms with E-state index < -0.39 is 28.6 Å². The number of rotatable bonds is 5. The fourth-order valence-electron chi connectivity index (χ4n) is 2.89. The average molecular weight is 348 g/mol. The van der Waals surface area contributed by atoms with Gasteiger partial charge in [0.1, 0.15) is 22.4 Å². The van der Waals surface area contributed by atoms with E-state index in [1.165, 1.54) is 10.8 Å². The normalized spacial score (nSPS) is 15.2. The molecule has 7 nitrogen and oxygen atoms in total. The number of aryl methyl sites for hydroxylation is 1. The van der Waals surface area contributed by atoms with Gasteiger partial charge in [-0.1, -0.05) is 0 Å². The lowest BCUT2D eigenvalue weighted by Crippen LogP contribution is -2.25. The molecule has 1 saturated carbocycles. The molecule has 0 unspecified atom stereocenters. The Morgan fingerprint density at radius 2 is 2.08 bits per heavy atom. The van der Waals surface area contributed by atoms with E-state index in [1.807, 2.05) is 0 Å². The summed E-state index contributed by atoms with van der Waals surface area (Å²) in [5.74, 6) is -2.77. The van der Waals surface area contributed by atoms with Crippen LogP contribution in [0.3, 0.4) is 0 Å². The van der Waals surface area contributed by atoms with E-state index in [9.17, 15) is 23.9 Å². The first-order chi connectivity index (χ1) is 11.9. The number of halogens is 1. The molecule has 0 aliphatic heterocycles. The van der Waals surface area contributed by atoms with E-state index in [0.717, 1.165) is 6.07 Å². The van der Waals surface area contributed by atoms with Crippen molar-refractivity contribution in [2.75, 3.05) is 6.61 Å². The molecule has 2 heterocycles. The van der Waals surface area contributed by atoms with Crippen LogP contribution in [0.25, 0.3) is 11.0 Å². The van der Waals surface area contributed by atoms with Crippen LogP contribution in [0.15, 0.2) is 17.1 Å². The van der Waals surface area contributed by atoms with E-state index in [1.54, 1.807) is 13.8 Å². The Kier molecular flexibility index (Phi) is 4.06. The zero-order chi connectivity index (χ0) is 18.4. The molecule has 0 atom stereocenters. The largest absolute Gasteiger partial charge is 0.481 e. The Hall–Kier alpha value is -2.77. The van der Waals surface area contributed by atoms with Crippen LogP contribution in [0.5, 0.6) is 0 Å². The second-order valence-electron chi connectivity index (χ2n) is 5.96. The number of nitrogens with zero attached hydrogens (tertiary/aromatic N) is 2. The summed E-state index contributed by atoms with van der Waals surface area (Å²) in [4.78, 5) is 40.1. The molecule has 0 amide bonds. The molecule has 0 spiro atoms. The Bertz CT molecular complexity index is 946. The maximum atomic E-state index is 14.5. The highest BCUT2D eigenvalue weighted by Crippen LogP contribution is 2.48. The Balaban J connectivity index is 2.28. The van der Waals surface area contributed by atoms with E-state index in [4.69, 9.17) is 4.74 Å². The van der Waals surface area contributed by atoms with Crippen LogP contribution < -0.4 is 5.43 Å². The SMILES string of the molecule is CCOC(=O)c1cn(CC)c2nc(C3(C(=O)O)CC3)c(F)cc2c1=O. The topological polar surface area (TPSA) is 98.5 Å². The minimum absolute atomic E-state index is 0.0742. The summed E-state index contributed by atoms with van der Waals surface area (Å²) in [6.07, 6.45) is 1.92. The molecular formula is C17H17FN2O5. The molecule has 1 N–H and O–H groups in total. The number of carboxylic acids is 1. The number of carbonyl (C=O) groups is 2. The van der Waals surface area contributed by atoms with Crippen molar-refractivity contribution in [2.45, 2.75) is 38.6 Å². The number of fused-ring (bicyclic) bond motifs is 1. The Morgan fingerprint density at radius 1 is 1.40 bits per heavy atom. The van der Waals surface area contributed by atoms with Crippen LogP contribution in [0.2, 0.25) is 0 Å². The minimum atomic E-state index is -1.33. The van der Waals surface area contributed by atoms with Crippen LogP contribution in [0, 0.1) is 5.82 Å². The summed E-state index contributed by atoms with van der Waals surface area (Å²) >= 11 is 0. The van der Waals surface area contributed by atoms with Crippen molar-refractivity contribution in [3.63, 3.8) is 0 Å². The second kappa shape index (κ2) is 5.94. The van der Waals surface area contributed by atoms with E-state index >= 15 is 0 Å². The van der Waals surface area contributed by atoms with Gasteiger partial charge in [-0.2, -0.15) is 0 Å². The highest BCUT2D eigenvalue weighted by atomic mass is 19.1. The molecule has 1 aliphatic rings. The number of aromatic nitrogens is 2. The molecule has 2 aromatic rings. The number of hydrogen-bond acceptors (Lipinski definition) is 5. The number of esters is 1. The molecule has 132 valence electrons. The molecule has 0 saturated heterocycles. The van der Waals surface area contributed by atoms with Gasteiger partial charge in [0.25, 0.3) is 0 Å². The maximum absolute atomic E-state index is 14.5. The van der Waals surface area contributed by atoms with Gasteiger partial charge in [-0.3, -0.25) is 9.59 Å². The number of ether oxygens (including phenoxy) is 1. The van der Waals surface area contributed by atoms with Crippen molar-refractivity contribution in [2.24, 2.45) is 0 Å². The van der Waals surface area contributed by atoms with Crippen LogP contribution in [-0.2, 0) is 21.5 Å². The lowest BCUT2D eigenvalue weighted by molar-refractivity contribution is -0.140. The molecule has 1 aliphatic carbocycles. The van der Waals surface area contributed by atoms with Crippen LogP contribution >= 0.6 is 0 Å². The zero-order valence-electron chi connectivity index (χ0n) is 13.8. The summed E-state index contributed by atoms with van der Waals surface area (Å²) in [5, 5.41) is 9.30. The molecule has 0 radical (unpaired) electrons. The zero-order valence-corrected chi connectivity index (χ0v) is 13.8. The summed E-state index contributed by atoms with van der Waals surface area (Å²) in [6, 6.07) is 0.970. The molecule has 0 bridgehead atoms. The van der Waals surface area contributed by atoms with Crippen molar-refractivity contribution in [1.29, 1.82) is 0 Å². The van der Waals surface area contributed by atoms with Crippen molar-refractivity contribution in [3.8, 4) is 0 Å². The monoisotopic (exact) mass is 348 g/mol. The van der Waals surface area contributed by atoms with Gasteiger partial charge < -0.3 is 14.4 Å². The third-order valence-corrected chi connectivity index (χ3v) is 4.45. The number of aliphatic carboxylic acids is 1. The average Bonchev–Trinajstić information content (AvgIpc) is 3.37. The molecule has 8 heteroatoms. The van der Waals surface area contributed by atoms with Crippen molar-refractivity contribution >= 4 is 23.0 Å². The lowest BCUT2D eigenvalue weighted by Gasteiger charge is -2.15. The quantitative estimate of drug-likeness (QED) is 0.828. The van der Waals surface area contributed by atoms with Gasteiger partial charge in [0.2, 0.25) is 5.43 Å². The van der Waals surface area contributed by atoms with Crippen LogP contribution in [0.4, 0.5) is 4.39 Å². The second-order valence-corrected chi connectivity index (χ2v) is 5.96. The van der Waals surface area contributed by atoms with Gasteiger partial charge in [-0.25, -0.2) is 14.2 Å². The number of pyridine rings is 2. The van der Waals surface area contributed by atoms with E-state index in [0.29, 0.717) is 19.4 Å². The van der Waals surface area contributed by atoms with E-state index in [2.05, 4.69) is 4.98 Å². The third kappa shape index (κ3) is 2.57. The van der Waals surface area contributed by atoms with Crippen molar-refractivity contribution < 1.29 is 23.8 Å². The molecule has 25 heavy (non-hydrogen) atoms. The summed E-state index contributed by atoms with van der Waals surface area (Å²) < 4.78 is 20.9. The fraction of sp³-hybridized carbons (Fsp3) is 0.412. The van der Waals surface area contributed by atoms with Gasteiger partial charge in [0, 0.05) is 12.7 Å².